The first kappa shape index (κ1) is 9.01. The van der Waals surface area contributed by atoms with Gasteiger partial charge in [0.25, 0.3) is 0 Å². The Morgan fingerprint density at radius 1 is 1.64 bits per heavy atom. The molecule has 0 spiro atoms. The van der Waals surface area contributed by atoms with Gasteiger partial charge in [0.1, 0.15) is 0 Å². The van der Waals surface area contributed by atoms with Crippen molar-refractivity contribution in [2.45, 2.75) is 25.6 Å². The van der Waals surface area contributed by atoms with Crippen LogP contribution in [0.1, 0.15) is 18.7 Å². The van der Waals surface area contributed by atoms with Crippen molar-refractivity contribution in [2.75, 3.05) is 0 Å². The van der Waals surface area contributed by atoms with Crippen LogP contribution in [-0.4, -0.2) is 10.4 Å². The molecule has 0 aliphatic carbocycles. The van der Waals surface area contributed by atoms with Gasteiger partial charge in [-0.15, -0.1) is 22.9 Å². The van der Waals surface area contributed by atoms with Gasteiger partial charge in [0.05, 0.1) is 5.51 Å². The van der Waals surface area contributed by atoms with E-state index in [9.17, 15) is 0 Å². The summed E-state index contributed by atoms with van der Waals surface area (Å²) in [6.45, 7) is 4.20. The van der Waals surface area contributed by atoms with Crippen molar-refractivity contribution in [3.05, 3.63) is 16.6 Å². The zero-order valence-corrected chi connectivity index (χ0v) is 8.32. The van der Waals surface area contributed by atoms with E-state index in [1.807, 2.05) is 18.6 Å². The van der Waals surface area contributed by atoms with Gasteiger partial charge in [0.2, 0.25) is 0 Å². The van der Waals surface area contributed by atoms with Gasteiger partial charge in [-0.2, -0.15) is 0 Å². The van der Waals surface area contributed by atoms with Crippen molar-refractivity contribution in [1.82, 2.24) is 4.98 Å². The summed E-state index contributed by atoms with van der Waals surface area (Å²) in [7, 11) is 0. The normalized spacial score (nSPS) is 16.3. The highest BCUT2D eigenvalue weighted by Gasteiger charge is 2.10. The first-order chi connectivity index (χ1) is 5.20. The summed E-state index contributed by atoms with van der Waals surface area (Å²) in [4.78, 5) is 5.33. The zero-order chi connectivity index (χ0) is 8.27. The van der Waals surface area contributed by atoms with Crippen LogP contribution in [-0.2, 0) is 6.42 Å². The number of halogens is 1. The maximum atomic E-state index is 5.93. The second-order valence-electron chi connectivity index (χ2n) is 2.83. The monoisotopic (exact) mass is 189 g/mol. The predicted molar refractivity (Wildman–Crippen MR) is 50.3 cm³/mol. The van der Waals surface area contributed by atoms with Crippen LogP contribution < -0.4 is 0 Å². The molecule has 0 aliphatic rings. The third kappa shape index (κ3) is 2.80. The average molecular weight is 190 g/mol. The van der Waals surface area contributed by atoms with Crippen LogP contribution in [0.25, 0.3) is 0 Å². The van der Waals surface area contributed by atoms with Gasteiger partial charge >= 0.3 is 0 Å². The highest BCUT2D eigenvalue weighted by molar-refractivity contribution is 7.09. The van der Waals surface area contributed by atoms with Gasteiger partial charge in [-0.05, 0) is 19.3 Å². The largest absolute Gasteiger partial charge is 0.253 e. The molecule has 3 heteroatoms. The first-order valence-electron chi connectivity index (χ1n) is 3.71. The van der Waals surface area contributed by atoms with E-state index in [2.05, 4.69) is 11.9 Å². The smallest absolute Gasteiger partial charge is 0.0794 e. The lowest BCUT2D eigenvalue weighted by atomic mass is 10.0. The molecule has 1 aromatic heterocycles. The Kier molecular flexibility index (Phi) is 3.34. The van der Waals surface area contributed by atoms with E-state index in [1.165, 1.54) is 4.88 Å². The molecule has 2 atom stereocenters. The Balaban J connectivity index is 2.43. The summed E-state index contributed by atoms with van der Waals surface area (Å²) in [6, 6.07) is 0. The van der Waals surface area contributed by atoms with Crippen LogP contribution in [0.15, 0.2) is 11.7 Å². The molecule has 0 bridgehead atoms. The average Bonchev–Trinajstić information content (AvgIpc) is 2.39. The summed E-state index contributed by atoms with van der Waals surface area (Å²) < 4.78 is 0. The molecular weight excluding hydrogens is 178 g/mol. The molecule has 0 fully saturated rings. The predicted octanol–water partition coefficient (Wildman–Crippen LogP) is 2.95. The molecule has 1 heterocycles. The van der Waals surface area contributed by atoms with Crippen LogP contribution in [0.3, 0.4) is 0 Å². The summed E-state index contributed by atoms with van der Waals surface area (Å²) in [6.07, 6.45) is 2.97. The molecule has 0 amide bonds. The number of thiazole rings is 1. The van der Waals surface area contributed by atoms with Crippen molar-refractivity contribution >= 4 is 22.9 Å². The summed E-state index contributed by atoms with van der Waals surface area (Å²) in [5.74, 6) is 0.539. The van der Waals surface area contributed by atoms with Crippen LogP contribution in [0.5, 0.6) is 0 Å². The molecule has 62 valence electrons. The second-order valence-corrected chi connectivity index (χ2v) is 4.49. The molecule has 0 aromatic carbocycles. The highest BCUT2D eigenvalue weighted by atomic mass is 35.5. The minimum absolute atomic E-state index is 0.247. The SMILES string of the molecule is CC(Cl)C(C)Cc1cncs1. The Hall–Kier alpha value is -0.0800. The molecular formula is C8H12ClNS. The van der Waals surface area contributed by atoms with Gasteiger partial charge in [-0.3, -0.25) is 4.98 Å². The Morgan fingerprint density at radius 2 is 2.36 bits per heavy atom. The lowest BCUT2D eigenvalue weighted by Crippen LogP contribution is -2.09. The van der Waals surface area contributed by atoms with E-state index < -0.39 is 0 Å². The van der Waals surface area contributed by atoms with E-state index in [0.29, 0.717) is 5.92 Å². The quantitative estimate of drug-likeness (QED) is 0.667. The number of aromatic nitrogens is 1. The molecule has 2 unspecified atom stereocenters. The van der Waals surface area contributed by atoms with Crippen LogP contribution >= 0.6 is 22.9 Å². The van der Waals surface area contributed by atoms with Crippen LogP contribution in [0.4, 0.5) is 0 Å². The number of rotatable bonds is 3. The van der Waals surface area contributed by atoms with Crippen LogP contribution in [0, 0.1) is 5.92 Å². The minimum Gasteiger partial charge on any atom is -0.253 e. The lowest BCUT2D eigenvalue weighted by Gasteiger charge is -2.11. The van der Waals surface area contributed by atoms with E-state index in [1.54, 1.807) is 11.3 Å². The second kappa shape index (κ2) is 4.07. The highest BCUT2D eigenvalue weighted by Crippen LogP contribution is 2.17. The van der Waals surface area contributed by atoms with Crippen molar-refractivity contribution in [3.63, 3.8) is 0 Å². The number of alkyl halides is 1. The fraction of sp³-hybridized carbons (Fsp3) is 0.625. The Bertz CT molecular complexity index is 196. The van der Waals surface area contributed by atoms with E-state index in [4.69, 9.17) is 11.6 Å². The number of nitrogens with zero attached hydrogens (tertiary/aromatic N) is 1. The third-order valence-corrected chi connectivity index (χ3v) is 3.02. The standard InChI is InChI=1S/C8H12ClNS/c1-6(7(2)9)3-8-4-10-5-11-8/h4-7H,3H2,1-2H3. The van der Waals surface area contributed by atoms with Crippen molar-refractivity contribution in [2.24, 2.45) is 5.92 Å². The summed E-state index contributed by atoms with van der Waals surface area (Å²) in [5.41, 5.74) is 1.86. The molecule has 0 N–H and O–H groups in total. The maximum absolute atomic E-state index is 5.93. The minimum atomic E-state index is 0.247. The molecule has 1 nitrogen and oxygen atoms in total. The van der Waals surface area contributed by atoms with Gasteiger partial charge in [0, 0.05) is 16.5 Å². The fourth-order valence-electron chi connectivity index (χ4n) is 0.823. The third-order valence-electron chi connectivity index (χ3n) is 1.79. The topological polar surface area (TPSA) is 12.9 Å². The molecule has 0 saturated carbocycles. The molecule has 1 rings (SSSR count). The number of hydrogen-bond acceptors (Lipinski definition) is 2. The molecule has 0 radical (unpaired) electrons. The van der Waals surface area contributed by atoms with Crippen LogP contribution in [0.2, 0.25) is 0 Å². The lowest BCUT2D eigenvalue weighted by molar-refractivity contribution is 0.572. The fourth-order valence-corrected chi connectivity index (χ4v) is 1.65. The molecule has 0 saturated heterocycles. The van der Waals surface area contributed by atoms with Gasteiger partial charge in [0.15, 0.2) is 0 Å². The first-order valence-corrected chi connectivity index (χ1v) is 5.03. The van der Waals surface area contributed by atoms with Crippen molar-refractivity contribution < 1.29 is 0 Å². The van der Waals surface area contributed by atoms with Gasteiger partial charge in [-0.25, -0.2) is 0 Å². The van der Waals surface area contributed by atoms with Crippen molar-refractivity contribution in [3.8, 4) is 0 Å². The molecule has 11 heavy (non-hydrogen) atoms. The Labute approximate surface area is 76.4 Å². The van der Waals surface area contributed by atoms with E-state index in [0.717, 1.165) is 6.42 Å². The summed E-state index contributed by atoms with van der Waals surface area (Å²) in [5, 5.41) is 0.247. The van der Waals surface area contributed by atoms with Gasteiger partial charge < -0.3 is 0 Å². The van der Waals surface area contributed by atoms with E-state index >= 15 is 0 Å². The summed E-state index contributed by atoms with van der Waals surface area (Å²) >= 11 is 7.63. The zero-order valence-electron chi connectivity index (χ0n) is 6.75. The Morgan fingerprint density at radius 3 is 2.82 bits per heavy atom. The van der Waals surface area contributed by atoms with Crippen molar-refractivity contribution in [1.29, 1.82) is 0 Å². The number of hydrogen-bond donors (Lipinski definition) is 0. The molecule has 0 aliphatic heterocycles. The van der Waals surface area contributed by atoms with Gasteiger partial charge in [-0.1, -0.05) is 6.92 Å². The molecule has 1 aromatic rings. The van der Waals surface area contributed by atoms with E-state index in [-0.39, 0.29) is 5.38 Å². The maximum Gasteiger partial charge on any atom is 0.0794 e.